The molecule has 1 saturated heterocycles. The van der Waals surface area contributed by atoms with E-state index in [1.165, 1.54) is 17.0 Å². The van der Waals surface area contributed by atoms with E-state index in [9.17, 15) is 27.9 Å². The molecule has 48 heavy (non-hydrogen) atoms. The number of nitrogens with one attached hydrogen (secondary N) is 1. The van der Waals surface area contributed by atoms with Crippen LogP contribution in [0.2, 0.25) is 0 Å². The summed E-state index contributed by atoms with van der Waals surface area (Å²) in [6.07, 6.45) is 0.280. The van der Waals surface area contributed by atoms with Gasteiger partial charge in [-0.1, -0.05) is 42.5 Å². The van der Waals surface area contributed by atoms with Gasteiger partial charge in [-0.3, -0.25) is 14.1 Å². The summed E-state index contributed by atoms with van der Waals surface area (Å²) in [6.45, 7) is 0.407. The van der Waals surface area contributed by atoms with Crippen molar-refractivity contribution in [1.29, 1.82) is 0 Å². The Morgan fingerprint density at radius 3 is 2.52 bits per heavy atom. The second-order valence-electron chi connectivity index (χ2n) is 11.8. The Bertz CT molecular complexity index is 1950. The number of methoxy groups -OCH3 is 1. The number of likely N-dealkylation sites (tertiary alicyclic amines) is 1. The van der Waals surface area contributed by atoms with Gasteiger partial charge in [-0.05, 0) is 49.1 Å². The fraction of sp³-hybridized carbons (Fsp3) is 0.265. The smallest absolute Gasteiger partial charge is 0.416 e. The number of fused-ring (bicyclic) bond motifs is 1. The molecule has 2 atom stereocenters. The van der Waals surface area contributed by atoms with Crippen molar-refractivity contribution in [1.82, 2.24) is 24.3 Å². The van der Waals surface area contributed by atoms with E-state index in [2.05, 4.69) is 15.3 Å². The Balaban J connectivity index is 1.29. The molecular formula is C34H32F3N7O4. The van der Waals surface area contributed by atoms with Crippen molar-refractivity contribution < 1.29 is 32.6 Å². The molecule has 0 saturated carbocycles. The lowest BCUT2D eigenvalue weighted by Gasteiger charge is -2.47. The molecule has 11 nitrogen and oxygen atoms in total. The number of carbonyl (C=O) groups excluding carboxylic acids is 1. The summed E-state index contributed by atoms with van der Waals surface area (Å²) in [5.41, 5.74) is 7.46. The molecule has 1 aliphatic rings. The largest absolute Gasteiger partial charge is 0.465 e. The third-order valence-corrected chi connectivity index (χ3v) is 8.68. The molecule has 3 aromatic heterocycles. The van der Waals surface area contributed by atoms with Crippen molar-refractivity contribution in [3.8, 4) is 11.3 Å². The number of pyridine rings is 1. The summed E-state index contributed by atoms with van der Waals surface area (Å²) in [6, 6.07) is 17.7. The number of benzene rings is 2. The third-order valence-electron chi connectivity index (χ3n) is 8.68. The zero-order chi connectivity index (χ0) is 34.1. The number of amides is 2. The van der Waals surface area contributed by atoms with E-state index in [1.54, 1.807) is 31.6 Å². The highest BCUT2D eigenvalue weighted by molar-refractivity contribution is 6.04. The number of piperidine rings is 1. The van der Waals surface area contributed by atoms with E-state index in [4.69, 9.17) is 15.5 Å². The van der Waals surface area contributed by atoms with Gasteiger partial charge in [-0.15, -0.1) is 0 Å². The van der Waals surface area contributed by atoms with E-state index in [0.29, 0.717) is 41.9 Å². The highest BCUT2D eigenvalue weighted by atomic mass is 19.4. The molecule has 0 aliphatic carbocycles. The van der Waals surface area contributed by atoms with Crippen LogP contribution in [0, 0.1) is 0 Å². The molecule has 2 amide bonds. The molecule has 0 radical (unpaired) electrons. The van der Waals surface area contributed by atoms with Crippen LogP contribution in [0.1, 0.15) is 46.1 Å². The number of hydrogen-bond donors (Lipinski definition) is 3. The summed E-state index contributed by atoms with van der Waals surface area (Å²) in [5, 5.41) is 12.8. The Morgan fingerprint density at radius 1 is 1.08 bits per heavy atom. The molecule has 14 heteroatoms. The van der Waals surface area contributed by atoms with Crippen LogP contribution in [-0.4, -0.2) is 67.2 Å². The number of rotatable bonds is 8. The van der Waals surface area contributed by atoms with E-state index in [1.807, 2.05) is 34.7 Å². The minimum absolute atomic E-state index is 0.176. The third kappa shape index (κ3) is 6.38. The first-order chi connectivity index (χ1) is 23.0. The Labute approximate surface area is 273 Å². The van der Waals surface area contributed by atoms with Crippen LogP contribution in [-0.2, 0) is 17.3 Å². The molecule has 1 aliphatic heterocycles. The number of imidazole rings is 1. The van der Waals surface area contributed by atoms with Crippen LogP contribution < -0.4 is 11.1 Å². The van der Waals surface area contributed by atoms with Gasteiger partial charge < -0.3 is 20.9 Å². The average Bonchev–Trinajstić information content (AvgIpc) is 3.46. The van der Waals surface area contributed by atoms with Crippen LogP contribution >= 0.6 is 0 Å². The number of hydrogen-bond acceptors (Lipinski definition) is 7. The first-order valence-corrected chi connectivity index (χ1v) is 15.1. The SMILES string of the molecule is COC[C@@]1(Cc2ccccc2)CC[C@@H](c2nc(-c3ccc(C(=O)Nc4cc(C(F)(F)F)ccn4)cc3)c3c(N)nccn23)CN1C(=O)O. The minimum Gasteiger partial charge on any atom is -0.465 e. The van der Waals surface area contributed by atoms with Gasteiger partial charge in [-0.25, -0.2) is 19.7 Å². The molecule has 0 spiro atoms. The lowest BCUT2D eigenvalue weighted by Crippen LogP contribution is -2.59. The lowest BCUT2D eigenvalue weighted by atomic mass is 9.78. The standard InChI is InChI=1S/C34H32F3N7O4/c1-48-20-33(18-21-5-3-2-4-6-21)13-11-24(19-44(33)32(46)47)30-42-27(28-29(38)40-15-16-43(28)30)22-7-9-23(10-8-22)31(45)41-26-17-25(12-14-39-26)34(35,36)37/h2-10,12,14-17,24H,11,13,18-20H2,1H3,(H2,38,40)(H,46,47)(H,39,41,45)/t24-,33+/m1/s1. The molecule has 1 fully saturated rings. The maximum absolute atomic E-state index is 13.1. The number of halogens is 3. The Morgan fingerprint density at radius 2 is 1.83 bits per heavy atom. The second kappa shape index (κ2) is 13.0. The molecule has 2 aromatic carbocycles. The molecule has 6 rings (SSSR count). The van der Waals surface area contributed by atoms with Crippen molar-refractivity contribution in [2.24, 2.45) is 0 Å². The predicted molar refractivity (Wildman–Crippen MR) is 171 cm³/mol. The number of ether oxygens (including phenoxy) is 1. The molecule has 0 bridgehead atoms. The first kappa shape index (κ1) is 32.4. The number of alkyl halides is 3. The average molecular weight is 660 g/mol. The quantitative estimate of drug-likeness (QED) is 0.180. The van der Waals surface area contributed by atoms with E-state index >= 15 is 0 Å². The normalized spacial score (nSPS) is 18.2. The van der Waals surface area contributed by atoms with Gasteiger partial charge in [0.2, 0.25) is 0 Å². The second-order valence-corrected chi connectivity index (χ2v) is 11.8. The lowest BCUT2D eigenvalue weighted by molar-refractivity contribution is -0.137. The van der Waals surface area contributed by atoms with Crippen molar-refractivity contribution in [2.75, 3.05) is 31.3 Å². The van der Waals surface area contributed by atoms with Crippen molar-refractivity contribution in [3.63, 3.8) is 0 Å². The van der Waals surface area contributed by atoms with Crippen LogP contribution in [0.15, 0.2) is 85.3 Å². The van der Waals surface area contributed by atoms with Crippen LogP contribution in [0.3, 0.4) is 0 Å². The Kier molecular flexibility index (Phi) is 8.75. The van der Waals surface area contributed by atoms with E-state index in [-0.39, 0.29) is 36.3 Å². The van der Waals surface area contributed by atoms with Gasteiger partial charge in [0, 0.05) is 49.3 Å². The summed E-state index contributed by atoms with van der Waals surface area (Å²) in [7, 11) is 1.57. The summed E-state index contributed by atoms with van der Waals surface area (Å²) < 4.78 is 46.7. The molecule has 0 unspecified atom stereocenters. The van der Waals surface area contributed by atoms with Crippen LogP contribution in [0.5, 0.6) is 0 Å². The topological polar surface area (TPSA) is 148 Å². The maximum Gasteiger partial charge on any atom is 0.416 e. The minimum atomic E-state index is -4.58. The fourth-order valence-electron chi connectivity index (χ4n) is 6.42. The number of carbonyl (C=O) groups is 2. The molecule has 248 valence electrons. The van der Waals surface area contributed by atoms with E-state index < -0.39 is 29.3 Å². The zero-order valence-corrected chi connectivity index (χ0v) is 25.8. The number of carboxylic acid groups (broad SMARTS) is 1. The number of nitrogens with two attached hydrogens (primary N) is 1. The zero-order valence-electron chi connectivity index (χ0n) is 25.8. The maximum atomic E-state index is 13.1. The van der Waals surface area contributed by atoms with Crippen LogP contribution in [0.4, 0.5) is 29.6 Å². The number of nitrogens with zero attached hydrogens (tertiary/aromatic N) is 5. The first-order valence-electron chi connectivity index (χ1n) is 15.1. The van der Waals surface area contributed by atoms with Gasteiger partial charge in [-0.2, -0.15) is 13.2 Å². The van der Waals surface area contributed by atoms with Crippen molar-refractivity contribution >= 4 is 29.2 Å². The van der Waals surface area contributed by atoms with Gasteiger partial charge in [0.05, 0.1) is 17.7 Å². The fourth-order valence-corrected chi connectivity index (χ4v) is 6.42. The molecule has 5 aromatic rings. The van der Waals surface area contributed by atoms with Gasteiger partial charge in [0.1, 0.15) is 28.7 Å². The number of nitrogen functional groups attached to an aromatic ring is 1. The highest BCUT2D eigenvalue weighted by Crippen LogP contribution is 2.40. The van der Waals surface area contributed by atoms with Crippen molar-refractivity contribution in [2.45, 2.75) is 36.9 Å². The molecule has 4 heterocycles. The number of anilines is 2. The van der Waals surface area contributed by atoms with Gasteiger partial charge in [0.25, 0.3) is 5.91 Å². The van der Waals surface area contributed by atoms with Crippen LogP contribution in [0.25, 0.3) is 16.8 Å². The van der Waals surface area contributed by atoms with Crippen molar-refractivity contribution in [3.05, 3.63) is 108 Å². The van der Waals surface area contributed by atoms with E-state index in [0.717, 1.165) is 23.9 Å². The number of aromatic nitrogens is 4. The van der Waals surface area contributed by atoms with Gasteiger partial charge >= 0.3 is 12.3 Å². The predicted octanol–water partition coefficient (Wildman–Crippen LogP) is 6.13. The van der Waals surface area contributed by atoms with Gasteiger partial charge in [0.15, 0.2) is 0 Å². The Hall–Kier alpha value is -5.50. The monoisotopic (exact) mass is 659 g/mol. The summed E-state index contributed by atoms with van der Waals surface area (Å²) >= 11 is 0. The molecule has 4 N–H and O–H groups in total. The molecular weight excluding hydrogens is 627 g/mol. The summed E-state index contributed by atoms with van der Waals surface area (Å²) in [5.74, 6) is -0.328. The highest BCUT2D eigenvalue weighted by Gasteiger charge is 2.46. The summed E-state index contributed by atoms with van der Waals surface area (Å²) in [4.78, 5) is 40.1.